The summed E-state index contributed by atoms with van der Waals surface area (Å²) in [6.07, 6.45) is -12.9. The van der Waals surface area contributed by atoms with Gasteiger partial charge >= 0.3 is 18.9 Å². The Labute approximate surface area is 292 Å². The molecule has 6 nitrogen and oxygen atoms in total. The van der Waals surface area contributed by atoms with Crippen LogP contribution in [0.25, 0.3) is 50.0 Å². The van der Waals surface area contributed by atoms with Gasteiger partial charge in [-0.05, 0) is 78.9 Å². The Morgan fingerprint density at radius 3 is 1.48 bits per heavy atom. The van der Waals surface area contributed by atoms with Gasteiger partial charge in [0, 0.05) is 28.1 Å². The molecule has 0 radical (unpaired) electrons. The van der Waals surface area contributed by atoms with Crippen LogP contribution in [0.5, 0.6) is 11.5 Å². The van der Waals surface area contributed by atoms with E-state index in [4.69, 9.17) is 11.6 Å². The van der Waals surface area contributed by atoms with Crippen molar-refractivity contribution in [3.05, 3.63) is 132 Å². The van der Waals surface area contributed by atoms with Crippen molar-refractivity contribution < 1.29 is 49.0 Å². The number of nitrogens with zero attached hydrogens (tertiary/aromatic N) is 4. The van der Waals surface area contributed by atoms with Gasteiger partial charge in [-0.25, -0.2) is 14.6 Å². The van der Waals surface area contributed by atoms with Crippen LogP contribution >= 0.6 is 11.6 Å². The fraction of sp³-hybridized carbons (Fsp3) is 0.0833. The highest BCUT2D eigenvalue weighted by Crippen LogP contribution is 2.33. The summed E-state index contributed by atoms with van der Waals surface area (Å²) in [6, 6.07) is 28.8. The number of hydrogen-bond acceptors (Lipinski definition) is 5. The highest BCUT2D eigenvalue weighted by Gasteiger charge is 2.34. The average Bonchev–Trinajstić information content (AvgIpc) is 3.59. The zero-order valence-corrected chi connectivity index (χ0v) is 26.7. The molecule has 0 spiro atoms. The smallest absolute Gasteiger partial charge is 0.406 e. The molecule has 0 aliphatic carbocycles. The van der Waals surface area contributed by atoms with E-state index in [2.05, 4.69) is 24.5 Å². The van der Waals surface area contributed by atoms with E-state index in [-0.39, 0.29) is 5.75 Å². The summed E-state index contributed by atoms with van der Waals surface area (Å²) in [7, 11) is 0. The van der Waals surface area contributed by atoms with Crippen LogP contribution in [0, 0.1) is 0 Å². The summed E-state index contributed by atoms with van der Waals surface area (Å²) < 4.78 is 121. The van der Waals surface area contributed by atoms with E-state index in [0.717, 1.165) is 33.8 Å². The van der Waals surface area contributed by atoms with E-state index in [0.29, 0.717) is 44.1 Å². The van der Waals surface area contributed by atoms with Gasteiger partial charge in [0.05, 0.1) is 33.1 Å². The van der Waals surface area contributed by atoms with Gasteiger partial charge in [0.15, 0.2) is 5.69 Å². The van der Waals surface area contributed by atoms with Crippen LogP contribution in [0.1, 0.15) is 5.69 Å². The normalized spacial score (nSPS) is 12.0. The molecule has 0 atom stereocenters. The van der Waals surface area contributed by atoms with E-state index in [1.807, 2.05) is 24.3 Å². The Bertz CT molecular complexity index is 2340. The minimum absolute atomic E-state index is 0.275. The van der Waals surface area contributed by atoms with Gasteiger partial charge in [0.25, 0.3) is 0 Å². The number of hydrogen-bond donors (Lipinski definition) is 0. The molecule has 52 heavy (non-hydrogen) atoms. The van der Waals surface area contributed by atoms with Crippen molar-refractivity contribution in [2.75, 3.05) is 0 Å². The van der Waals surface area contributed by atoms with Crippen molar-refractivity contribution >= 4 is 33.4 Å². The highest BCUT2D eigenvalue weighted by atomic mass is 35.5. The van der Waals surface area contributed by atoms with E-state index >= 15 is 0 Å². The van der Waals surface area contributed by atoms with E-state index in [9.17, 15) is 39.5 Å². The minimum Gasteiger partial charge on any atom is -0.406 e. The summed E-state index contributed by atoms with van der Waals surface area (Å²) in [5.41, 5.74) is 2.57. The summed E-state index contributed by atoms with van der Waals surface area (Å²) >= 11 is 6.22. The maximum Gasteiger partial charge on any atom is 0.573 e. The fourth-order valence-corrected chi connectivity index (χ4v) is 5.30. The third kappa shape index (κ3) is 8.72. The molecule has 16 heteroatoms. The molecule has 0 fully saturated rings. The molecule has 0 unspecified atom stereocenters. The predicted molar refractivity (Wildman–Crippen MR) is 175 cm³/mol. The zero-order valence-electron chi connectivity index (χ0n) is 25.9. The number of aromatic nitrogens is 4. The van der Waals surface area contributed by atoms with E-state index in [1.54, 1.807) is 30.3 Å². The van der Waals surface area contributed by atoms with Gasteiger partial charge in [0.2, 0.25) is 0 Å². The first-order valence-corrected chi connectivity index (χ1v) is 15.2. The standard InChI is InChI=1S/C20H11F6N3O.C16H9ClF3NO/c21-19(22,23)18-9-10-29(28-18)17-11-16(27-15-4-2-1-3-14(15)17)12-5-7-13(8-6-12)30-20(24,25)26;17-13-9-15(21-14-4-2-1-3-12(13)14)10-5-7-11(8-6-10)22-16(18,19)20/h1-11H;1-9H. The molecule has 0 saturated heterocycles. The number of alkyl halides is 9. The third-order valence-corrected chi connectivity index (χ3v) is 7.57. The molecule has 0 amide bonds. The molecule has 3 heterocycles. The van der Waals surface area contributed by atoms with Crippen molar-refractivity contribution in [2.24, 2.45) is 0 Å². The van der Waals surface area contributed by atoms with Gasteiger partial charge in [-0.2, -0.15) is 18.3 Å². The first-order valence-electron chi connectivity index (χ1n) is 14.8. The molecule has 7 rings (SSSR count). The molecule has 0 aliphatic rings. The molecule has 0 aliphatic heterocycles. The second-order valence-corrected chi connectivity index (χ2v) is 11.2. The Hall–Kier alpha value is -5.83. The molecule has 0 bridgehead atoms. The lowest BCUT2D eigenvalue weighted by Crippen LogP contribution is -2.16. The van der Waals surface area contributed by atoms with Gasteiger partial charge in [-0.15, -0.1) is 26.3 Å². The van der Waals surface area contributed by atoms with Crippen LogP contribution in [0.3, 0.4) is 0 Å². The molecule has 4 aromatic carbocycles. The van der Waals surface area contributed by atoms with E-state index in [1.165, 1.54) is 48.7 Å². The van der Waals surface area contributed by atoms with Crippen LogP contribution in [-0.2, 0) is 6.18 Å². The van der Waals surface area contributed by atoms with Crippen LogP contribution < -0.4 is 9.47 Å². The number of rotatable bonds is 5. The molecule has 3 aromatic heterocycles. The lowest BCUT2D eigenvalue weighted by atomic mass is 10.1. The quantitative estimate of drug-likeness (QED) is 0.164. The van der Waals surface area contributed by atoms with Crippen LogP contribution in [-0.4, -0.2) is 32.5 Å². The SMILES string of the molecule is FC(F)(F)Oc1ccc(-c2cc(-n3ccc(C(F)(F)F)n3)c3ccccc3n2)cc1.FC(F)(F)Oc1ccc(-c2cc(Cl)c3ccccc3n2)cc1. The van der Waals surface area contributed by atoms with Crippen LogP contribution in [0.2, 0.25) is 5.02 Å². The average molecular weight is 747 g/mol. The molecular weight excluding hydrogens is 727 g/mol. The van der Waals surface area contributed by atoms with Gasteiger partial charge in [-0.3, -0.25) is 0 Å². The summed E-state index contributed by atoms with van der Waals surface area (Å²) in [5.74, 6) is -0.669. The Morgan fingerprint density at radius 2 is 1.00 bits per heavy atom. The predicted octanol–water partition coefficient (Wildman–Crippen LogP) is 11.5. The van der Waals surface area contributed by atoms with Gasteiger partial charge in [-0.1, -0.05) is 48.0 Å². The summed E-state index contributed by atoms with van der Waals surface area (Å²) in [5, 5.41) is 5.54. The number of para-hydroxylation sites is 2. The van der Waals surface area contributed by atoms with E-state index < -0.39 is 30.3 Å². The number of fused-ring (bicyclic) bond motifs is 2. The molecular formula is C36H20ClF9N4O2. The van der Waals surface area contributed by atoms with Crippen molar-refractivity contribution in [2.45, 2.75) is 18.9 Å². The van der Waals surface area contributed by atoms with Crippen molar-refractivity contribution in [3.8, 4) is 39.7 Å². The topological polar surface area (TPSA) is 62.1 Å². The lowest BCUT2D eigenvalue weighted by Gasteiger charge is -2.12. The molecule has 7 aromatic rings. The minimum atomic E-state index is -4.81. The maximum absolute atomic E-state index is 13.0. The fourth-order valence-electron chi connectivity index (χ4n) is 5.04. The second-order valence-electron chi connectivity index (χ2n) is 10.8. The largest absolute Gasteiger partial charge is 0.573 e. The van der Waals surface area contributed by atoms with Gasteiger partial charge < -0.3 is 9.47 Å². The van der Waals surface area contributed by atoms with Gasteiger partial charge in [0.1, 0.15) is 11.5 Å². The van der Waals surface area contributed by atoms with Crippen molar-refractivity contribution in [1.82, 2.24) is 19.7 Å². The van der Waals surface area contributed by atoms with Crippen LogP contribution in [0.15, 0.2) is 121 Å². The molecule has 0 N–H and O–H groups in total. The first kappa shape index (κ1) is 36.0. The number of benzene rings is 4. The highest BCUT2D eigenvalue weighted by molar-refractivity contribution is 6.35. The second kappa shape index (κ2) is 14.1. The van der Waals surface area contributed by atoms with Crippen LogP contribution in [0.4, 0.5) is 39.5 Å². The first-order chi connectivity index (χ1) is 24.5. The Morgan fingerprint density at radius 1 is 0.538 bits per heavy atom. The molecule has 0 saturated carbocycles. The summed E-state index contributed by atoms with van der Waals surface area (Å²) in [4.78, 5) is 8.93. The third-order valence-electron chi connectivity index (χ3n) is 7.25. The van der Waals surface area contributed by atoms with Crippen molar-refractivity contribution in [3.63, 3.8) is 0 Å². The number of ether oxygens (including phenoxy) is 2. The number of pyridine rings is 2. The summed E-state index contributed by atoms with van der Waals surface area (Å²) in [6.45, 7) is 0. The number of halogens is 10. The monoisotopic (exact) mass is 746 g/mol. The zero-order chi connectivity index (χ0) is 37.3. The lowest BCUT2D eigenvalue weighted by molar-refractivity contribution is -0.275. The maximum atomic E-state index is 13.0. The van der Waals surface area contributed by atoms with Crippen molar-refractivity contribution in [1.29, 1.82) is 0 Å². The Balaban J connectivity index is 0.000000187. The Kier molecular flexibility index (Phi) is 9.73. The molecule has 266 valence electrons.